The van der Waals surface area contributed by atoms with Gasteiger partial charge in [-0.15, -0.1) is 0 Å². The molecule has 1 amide bonds. The van der Waals surface area contributed by atoms with E-state index in [1.807, 2.05) is 0 Å². The van der Waals surface area contributed by atoms with Gasteiger partial charge in [-0.2, -0.15) is 0 Å². The van der Waals surface area contributed by atoms with Crippen LogP contribution < -0.4 is 11.1 Å². The third-order valence-corrected chi connectivity index (χ3v) is 5.31. The Morgan fingerprint density at radius 2 is 1.90 bits per heavy atom. The summed E-state index contributed by atoms with van der Waals surface area (Å²) in [5.74, 6) is 0.849. The summed E-state index contributed by atoms with van der Waals surface area (Å²) in [4.78, 5) is 15.0. The first-order valence-corrected chi connectivity index (χ1v) is 8.97. The highest BCUT2D eigenvalue weighted by atomic mass is 16.2. The van der Waals surface area contributed by atoms with Crippen molar-refractivity contribution < 1.29 is 4.79 Å². The quantitative estimate of drug-likeness (QED) is 0.789. The number of hydrogen-bond acceptors (Lipinski definition) is 3. The number of likely N-dealkylation sites (tertiary alicyclic amines) is 1. The number of rotatable bonds is 6. The molecule has 1 saturated heterocycles. The highest BCUT2D eigenvalue weighted by Crippen LogP contribution is 2.29. The van der Waals surface area contributed by atoms with Gasteiger partial charge in [0.05, 0.1) is 0 Å². The fraction of sp³-hybridized carbons (Fsp3) is 0.941. The van der Waals surface area contributed by atoms with E-state index in [0.717, 1.165) is 38.8 Å². The molecule has 2 fully saturated rings. The molecule has 0 aromatic heterocycles. The first-order chi connectivity index (χ1) is 10.2. The maximum atomic E-state index is 12.5. The Balaban J connectivity index is 1.73. The predicted octanol–water partition coefficient (Wildman–Crippen LogP) is 2.13. The molecule has 1 heterocycles. The zero-order valence-electron chi connectivity index (χ0n) is 13.7. The van der Waals surface area contributed by atoms with Crippen LogP contribution in [-0.4, -0.2) is 43.0 Å². The number of nitrogens with one attached hydrogen (secondary N) is 1. The summed E-state index contributed by atoms with van der Waals surface area (Å²) in [6.45, 7) is 6.39. The van der Waals surface area contributed by atoms with E-state index in [0.29, 0.717) is 18.5 Å². The van der Waals surface area contributed by atoms with Gasteiger partial charge in [0, 0.05) is 25.0 Å². The van der Waals surface area contributed by atoms with Crippen molar-refractivity contribution >= 4 is 5.91 Å². The van der Waals surface area contributed by atoms with Gasteiger partial charge in [-0.3, -0.25) is 4.79 Å². The molecule has 0 bridgehead atoms. The summed E-state index contributed by atoms with van der Waals surface area (Å²) in [6.07, 6.45) is 9.35. The Morgan fingerprint density at radius 3 is 2.57 bits per heavy atom. The second-order valence-corrected chi connectivity index (χ2v) is 6.86. The van der Waals surface area contributed by atoms with E-state index in [2.05, 4.69) is 17.1 Å². The summed E-state index contributed by atoms with van der Waals surface area (Å²) in [6, 6.07) is 0.385. The van der Waals surface area contributed by atoms with Gasteiger partial charge in [-0.25, -0.2) is 0 Å². The molecule has 2 atom stereocenters. The van der Waals surface area contributed by atoms with Gasteiger partial charge in [0.15, 0.2) is 0 Å². The zero-order valence-corrected chi connectivity index (χ0v) is 13.7. The largest absolute Gasteiger partial charge is 0.353 e. The Hall–Kier alpha value is -0.610. The van der Waals surface area contributed by atoms with Crippen LogP contribution in [0.3, 0.4) is 0 Å². The number of piperidine rings is 1. The smallest absolute Gasteiger partial charge is 0.223 e. The number of carbonyl (C=O) groups excluding carboxylic acids is 1. The second kappa shape index (κ2) is 8.74. The lowest BCUT2D eigenvalue weighted by Crippen LogP contribution is -2.48. The van der Waals surface area contributed by atoms with Crippen LogP contribution >= 0.6 is 0 Å². The average molecular weight is 295 g/mol. The van der Waals surface area contributed by atoms with E-state index < -0.39 is 0 Å². The third-order valence-electron chi connectivity index (χ3n) is 5.31. The minimum atomic E-state index is 0.168. The fourth-order valence-corrected chi connectivity index (χ4v) is 3.83. The predicted molar refractivity (Wildman–Crippen MR) is 87.0 cm³/mol. The molecule has 2 rings (SSSR count). The van der Waals surface area contributed by atoms with Crippen molar-refractivity contribution in [1.82, 2.24) is 10.2 Å². The van der Waals surface area contributed by atoms with Crippen LogP contribution in [0.25, 0.3) is 0 Å². The van der Waals surface area contributed by atoms with Crippen LogP contribution in [0, 0.1) is 11.8 Å². The molecule has 2 aliphatic rings. The number of hydrogen-bond donors (Lipinski definition) is 2. The molecule has 21 heavy (non-hydrogen) atoms. The summed E-state index contributed by atoms with van der Waals surface area (Å²) in [5.41, 5.74) is 5.84. The second-order valence-electron chi connectivity index (χ2n) is 6.86. The molecule has 3 N–H and O–H groups in total. The Kier molecular flexibility index (Phi) is 6.97. The van der Waals surface area contributed by atoms with E-state index in [1.165, 1.54) is 32.2 Å². The maximum absolute atomic E-state index is 12.5. The summed E-state index contributed by atoms with van der Waals surface area (Å²) in [5, 5.41) is 3.31. The van der Waals surface area contributed by atoms with Gasteiger partial charge in [-0.1, -0.05) is 26.2 Å². The van der Waals surface area contributed by atoms with E-state index in [1.54, 1.807) is 0 Å². The number of nitrogens with zero attached hydrogens (tertiary/aromatic N) is 1. The van der Waals surface area contributed by atoms with Crippen molar-refractivity contribution in [1.29, 1.82) is 0 Å². The topological polar surface area (TPSA) is 58.4 Å². The summed E-state index contributed by atoms with van der Waals surface area (Å²) < 4.78 is 0. The van der Waals surface area contributed by atoms with E-state index >= 15 is 0 Å². The number of carbonyl (C=O) groups is 1. The van der Waals surface area contributed by atoms with Gasteiger partial charge in [0.25, 0.3) is 0 Å². The van der Waals surface area contributed by atoms with Crippen molar-refractivity contribution in [2.75, 3.05) is 26.2 Å². The van der Waals surface area contributed by atoms with Crippen LogP contribution in [0.15, 0.2) is 0 Å². The van der Waals surface area contributed by atoms with Gasteiger partial charge in [-0.05, 0) is 51.1 Å². The molecular formula is C17H33N3O. The van der Waals surface area contributed by atoms with Crippen LogP contribution in [0.1, 0.15) is 58.3 Å². The van der Waals surface area contributed by atoms with Crippen molar-refractivity contribution in [3.63, 3.8) is 0 Å². The monoisotopic (exact) mass is 295 g/mol. The Morgan fingerprint density at radius 1 is 1.19 bits per heavy atom. The van der Waals surface area contributed by atoms with Crippen LogP contribution in [0.5, 0.6) is 0 Å². The zero-order chi connectivity index (χ0) is 15.1. The molecule has 1 aliphatic carbocycles. The van der Waals surface area contributed by atoms with Gasteiger partial charge >= 0.3 is 0 Å². The van der Waals surface area contributed by atoms with Crippen LogP contribution in [0.4, 0.5) is 0 Å². The van der Waals surface area contributed by atoms with Crippen LogP contribution in [-0.2, 0) is 4.79 Å². The Bertz CT molecular complexity index is 313. The lowest BCUT2D eigenvalue weighted by molar-refractivity contribution is -0.128. The van der Waals surface area contributed by atoms with Crippen molar-refractivity contribution in [3.05, 3.63) is 0 Å². The Labute approximate surface area is 129 Å². The highest BCUT2D eigenvalue weighted by Gasteiger charge is 2.31. The maximum Gasteiger partial charge on any atom is 0.223 e. The number of nitrogens with two attached hydrogens (primary N) is 1. The molecule has 4 heteroatoms. The molecule has 0 radical (unpaired) electrons. The molecule has 0 aromatic carbocycles. The van der Waals surface area contributed by atoms with E-state index in [4.69, 9.17) is 5.73 Å². The minimum Gasteiger partial charge on any atom is -0.353 e. The van der Waals surface area contributed by atoms with Gasteiger partial charge in [0.2, 0.25) is 5.91 Å². The van der Waals surface area contributed by atoms with Crippen molar-refractivity contribution in [2.24, 2.45) is 17.6 Å². The minimum absolute atomic E-state index is 0.168. The molecule has 2 unspecified atom stereocenters. The van der Waals surface area contributed by atoms with Crippen molar-refractivity contribution in [3.8, 4) is 0 Å². The molecule has 0 aromatic rings. The average Bonchev–Trinajstić information content (AvgIpc) is 2.54. The summed E-state index contributed by atoms with van der Waals surface area (Å²) >= 11 is 0. The van der Waals surface area contributed by atoms with Crippen molar-refractivity contribution in [2.45, 2.75) is 64.3 Å². The SMILES string of the molecule is CCCCN1CCC(NC(=O)C2CCCCC2CN)CC1. The van der Waals surface area contributed by atoms with Crippen LogP contribution in [0.2, 0.25) is 0 Å². The first kappa shape index (κ1) is 16.8. The number of amides is 1. The molecule has 4 nitrogen and oxygen atoms in total. The van der Waals surface area contributed by atoms with Gasteiger partial charge in [0.1, 0.15) is 0 Å². The molecule has 1 aliphatic heterocycles. The van der Waals surface area contributed by atoms with E-state index in [9.17, 15) is 4.79 Å². The molecular weight excluding hydrogens is 262 g/mol. The third kappa shape index (κ3) is 4.96. The summed E-state index contributed by atoms with van der Waals surface area (Å²) in [7, 11) is 0. The fourth-order valence-electron chi connectivity index (χ4n) is 3.83. The highest BCUT2D eigenvalue weighted by molar-refractivity contribution is 5.79. The number of unbranched alkanes of at least 4 members (excludes halogenated alkanes) is 1. The lowest BCUT2D eigenvalue weighted by Gasteiger charge is -2.35. The first-order valence-electron chi connectivity index (χ1n) is 8.97. The molecule has 1 saturated carbocycles. The lowest BCUT2D eigenvalue weighted by atomic mass is 9.78. The van der Waals surface area contributed by atoms with E-state index in [-0.39, 0.29) is 11.8 Å². The molecule has 122 valence electrons. The molecule has 0 spiro atoms. The normalized spacial score (nSPS) is 28.5. The van der Waals surface area contributed by atoms with Gasteiger partial charge < -0.3 is 16.0 Å². The standard InChI is InChI=1S/C17H33N3O/c1-2-3-10-20-11-8-15(9-12-20)19-17(21)16-7-5-4-6-14(16)13-18/h14-16H,2-13,18H2,1H3,(H,19,21).